The number of hydrogen-bond donors (Lipinski definition) is 1. The van der Waals surface area contributed by atoms with Crippen molar-refractivity contribution in [3.8, 4) is 6.07 Å². The van der Waals surface area contributed by atoms with Crippen LogP contribution < -0.4 is 0 Å². The fraction of sp³-hybridized carbons (Fsp3) is 0.290. The summed E-state index contributed by atoms with van der Waals surface area (Å²) in [6, 6.07) is 17.3. The molecule has 4 heterocycles. The summed E-state index contributed by atoms with van der Waals surface area (Å²) in [5, 5.41) is 25.3. The Morgan fingerprint density at radius 2 is 2.02 bits per heavy atom. The van der Waals surface area contributed by atoms with E-state index < -0.39 is 18.0 Å². The Morgan fingerprint density at radius 1 is 1.21 bits per heavy atom. The fourth-order valence-corrected chi connectivity index (χ4v) is 5.75. The van der Waals surface area contributed by atoms with Crippen LogP contribution >= 0.6 is 11.6 Å². The van der Waals surface area contributed by atoms with Crippen molar-refractivity contribution in [2.75, 3.05) is 19.9 Å². The lowest BCUT2D eigenvalue weighted by Gasteiger charge is -2.41. The molecular formula is C31H27ClFN5O4. The van der Waals surface area contributed by atoms with Crippen molar-refractivity contribution in [3.05, 3.63) is 117 Å². The van der Waals surface area contributed by atoms with Gasteiger partial charge in [0.15, 0.2) is 5.72 Å². The number of rotatable bonds is 8. The third-order valence-corrected chi connectivity index (χ3v) is 8.08. The maximum Gasteiger partial charge on any atom is 0.257 e. The lowest BCUT2D eigenvalue weighted by molar-refractivity contribution is -0.147. The van der Waals surface area contributed by atoms with Gasteiger partial charge in [-0.2, -0.15) is 10.4 Å². The van der Waals surface area contributed by atoms with Crippen LogP contribution in [-0.4, -0.2) is 56.7 Å². The molecule has 0 spiro atoms. The number of fused-ring (bicyclic) bond motifs is 1. The summed E-state index contributed by atoms with van der Waals surface area (Å²) in [4.78, 5) is 20.4. The number of aryl methyl sites for hydroxylation is 1. The molecule has 42 heavy (non-hydrogen) atoms. The molecule has 6 rings (SSSR count). The van der Waals surface area contributed by atoms with Gasteiger partial charge in [0.05, 0.1) is 36.7 Å². The Labute approximate surface area is 246 Å². The Balaban J connectivity index is 1.54. The molecule has 2 aliphatic rings. The predicted octanol–water partition coefficient (Wildman–Crippen LogP) is 4.21. The van der Waals surface area contributed by atoms with Crippen LogP contribution in [0, 0.1) is 11.3 Å². The molecule has 2 aromatic heterocycles. The van der Waals surface area contributed by atoms with E-state index in [0.29, 0.717) is 47.0 Å². The molecule has 2 aromatic carbocycles. The number of hydrogen-bond acceptors (Lipinski definition) is 7. The SMILES string of the molecule is Cn1cc(C(O)(CF)c2ccc3c(c2)C(=O)N(Cc2ccc(C#N)cn2)[C@@]3(O[C@H]2CCOC2)c2ccc(Cl)cc2)cn1. The van der Waals surface area contributed by atoms with Crippen LogP contribution in [0.25, 0.3) is 0 Å². The van der Waals surface area contributed by atoms with Gasteiger partial charge in [-0.15, -0.1) is 0 Å². The summed E-state index contributed by atoms with van der Waals surface area (Å²) in [7, 11) is 1.67. The summed E-state index contributed by atoms with van der Waals surface area (Å²) in [5.41, 5.74) is -0.588. The standard InChI is InChI=1S/C31H27ClFN5O4/c1-37-16-23(15-36-37)30(40,19-33)22-5-9-28-27(12-22)29(39)38(17-25-8-2-20(13-34)14-35-25)31(28,42-26-10-11-41-18-26)21-3-6-24(32)7-4-21/h2-9,12,14-16,26,40H,10-11,17-19H2,1H3/t26-,30?,31+/m0/s1. The molecule has 9 nitrogen and oxygen atoms in total. The van der Waals surface area contributed by atoms with Gasteiger partial charge in [-0.05, 0) is 42.3 Å². The average Bonchev–Trinajstić information content (AvgIpc) is 3.74. The van der Waals surface area contributed by atoms with Crippen LogP contribution in [0.4, 0.5) is 4.39 Å². The highest BCUT2D eigenvalue weighted by Gasteiger charge is 2.54. The first-order valence-corrected chi connectivity index (χ1v) is 13.8. The Kier molecular flexibility index (Phi) is 7.29. The van der Waals surface area contributed by atoms with Crippen molar-refractivity contribution in [2.45, 2.75) is 30.4 Å². The molecule has 1 N–H and O–H groups in total. The number of alkyl halides is 1. The predicted molar refractivity (Wildman–Crippen MR) is 150 cm³/mol. The first kappa shape index (κ1) is 28.0. The summed E-state index contributed by atoms with van der Waals surface area (Å²) >= 11 is 6.26. The highest BCUT2D eigenvalue weighted by Crippen LogP contribution is 2.48. The lowest BCUT2D eigenvalue weighted by atomic mass is 9.85. The van der Waals surface area contributed by atoms with Gasteiger partial charge >= 0.3 is 0 Å². The Morgan fingerprint density at radius 3 is 2.64 bits per heavy atom. The molecule has 2 aliphatic heterocycles. The maximum atomic E-state index is 14.6. The summed E-state index contributed by atoms with van der Waals surface area (Å²) in [6.07, 6.45) is 4.69. The minimum absolute atomic E-state index is 0.0424. The van der Waals surface area contributed by atoms with Gasteiger partial charge in [-0.25, -0.2) is 4.39 Å². The number of aromatic nitrogens is 3. The zero-order valence-corrected chi connectivity index (χ0v) is 23.5. The molecule has 11 heteroatoms. The first-order valence-electron chi connectivity index (χ1n) is 13.4. The molecule has 0 radical (unpaired) electrons. The van der Waals surface area contributed by atoms with Gasteiger partial charge < -0.3 is 14.6 Å². The van der Waals surface area contributed by atoms with Crippen molar-refractivity contribution in [1.82, 2.24) is 19.7 Å². The van der Waals surface area contributed by atoms with Gasteiger partial charge in [0.2, 0.25) is 0 Å². The van der Waals surface area contributed by atoms with Crippen molar-refractivity contribution in [3.63, 3.8) is 0 Å². The van der Waals surface area contributed by atoms with E-state index in [2.05, 4.69) is 16.2 Å². The molecule has 214 valence electrons. The minimum Gasteiger partial charge on any atom is -0.379 e. The third-order valence-electron chi connectivity index (χ3n) is 7.83. The lowest BCUT2D eigenvalue weighted by Crippen LogP contribution is -2.48. The molecule has 1 amide bonds. The van der Waals surface area contributed by atoms with Crippen LogP contribution in [0.15, 0.2) is 73.2 Å². The summed E-state index contributed by atoms with van der Waals surface area (Å²) < 4.78 is 28.5. The minimum atomic E-state index is -2.02. The van der Waals surface area contributed by atoms with Gasteiger partial charge in [-0.3, -0.25) is 19.4 Å². The maximum absolute atomic E-state index is 14.6. The number of nitrogens with zero attached hydrogens (tertiary/aromatic N) is 5. The Bertz CT molecular complexity index is 1670. The molecule has 0 bridgehead atoms. The fourth-order valence-electron chi connectivity index (χ4n) is 5.62. The van der Waals surface area contributed by atoms with Crippen LogP contribution in [0.2, 0.25) is 5.02 Å². The molecule has 0 saturated carbocycles. The van der Waals surface area contributed by atoms with E-state index in [1.54, 1.807) is 66.7 Å². The topological polar surface area (TPSA) is 114 Å². The van der Waals surface area contributed by atoms with Crippen LogP contribution in [0.5, 0.6) is 0 Å². The number of benzene rings is 2. The van der Waals surface area contributed by atoms with E-state index in [-0.39, 0.29) is 35.2 Å². The van der Waals surface area contributed by atoms with Gasteiger partial charge in [0.25, 0.3) is 5.91 Å². The number of carbonyl (C=O) groups excluding carboxylic acids is 1. The van der Waals surface area contributed by atoms with E-state index in [1.165, 1.54) is 23.1 Å². The summed E-state index contributed by atoms with van der Waals surface area (Å²) in [6.45, 7) is -0.209. The highest BCUT2D eigenvalue weighted by atomic mass is 35.5. The molecule has 1 unspecified atom stereocenters. The van der Waals surface area contributed by atoms with E-state index >= 15 is 0 Å². The van der Waals surface area contributed by atoms with E-state index in [1.807, 2.05) is 0 Å². The first-order chi connectivity index (χ1) is 20.3. The Hall–Kier alpha value is -4.14. The normalized spacial score (nSPS) is 21.3. The number of carbonyl (C=O) groups is 1. The second-order valence-corrected chi connectivity index (χ2v) is 10.9. The van der Waals surface area contributed by atoms with Crippen LogP contribution in [0.1, 0.15) is 50.3 Å². The van der Waals surface area contributed by atoms with Crippen molar-refractivity contribution in [2.24, 2.45) is 7.05 Å². The monoisotopic (exact) mass is 587 g/mol. The van der Waals surface area contributed by atoms with Gasteiger partial charge in [0.1, 0.15) is 18.3 Å². The number of ether oxygens (including phenoxy) is 2. The number of nitriles is 1. The van der Waals surface area contributed by atoms with Gasteiger partial charge in [-0.1, -0.05) is 35.9 Å². The zero-order chi connectivity index (χ0) is 29.5. The van der Waals surface area contributed by atoms with Crippen molar-refractivity contribution in [1.29, 1.82) is 5.26 Å². The molecule has 1 fully saturated rings. The number of pyridine rings is 1. The second kappa shape index (κ2) is 10.9. The third kappa shape index (κ3) is 4.64. The molecule has 0 aliphatic carbocycles. The number of aliphatic hydroxyl groups is 1. The second-order valence-electron chi connectivity index (χ2n) is 10.5. The van der Waals surface area contributed by atoms with E-state index in [4.69, 9.17) is 21.1 Å². The average molecular weight is 588 g/mol. The zero-order valence-electron chi connectivity index (χ0n) is 22.7. The highest BCUT2D eigenvalue weighted by molar-refractivity contribution is 6.30. The van der Waals surface area contributed by atoms with Crippen molar-refractivity contribution >= 4 is 17.5 Å². The molecule has 1 saturated heterocycles. The molecule has 3 atom stereocenters. The summed E-state index contributed by atoms with van der Waals surface area (Å²) in [5.74, 6) is -0.390. The van der Waals surface area contributed by atoms with E-state index in [0.717, 1.165) is 0 Å². The van der Waals surface area contributed by atoms with Gasteiger partial charge in [0, 0.05) is 53.3 Å². The quantitative estimate of drug-likeness (QED) is 0.328. The number of amides is 1. The van der Waals surface area contributed by atoms with Crippen LogP contribution in [0.3, 0.4) is 0 Å². The van der Waals surface area contributed by atoms with Crippen molar-refractivity contribution < 1.29 is 23.8 Å². The van der Waals surface area contributed by atoms with Crippen LogP contribution in [-0.2, 0) is 34.4 Å². The largest absolute Gasteiger partial charge is 0.379 e. The molecule has 4 aromatic rings. The molecular weight excluding hydrogens is 561 g/mol. The number of halogens is 2. The van der Waals surface area contributed by atoms with E-state index in [9.17, 15) is 19.6 Å². The smallest absolute Gasteiger partial charge is 0.257 e.